The summed E-state index contributed by atoms with van der Waals surface area (Å²) in [6.45, 7) is 8.18. The molecule has 0 aliphatic rings. The van der Waals surface area contributed by atoms with Crippen LogP contribution in [0.1, 0.15) is 11.1 Å². The fraction of sp³-hybridized carbons (Fsp3) is 0.238. The van der Waals surface area contributed by atoms with Crippen LogP contribution < -0.4 is 4.74 Å². The normalized spacial score (nSPS) is 10.4. The number of thioether (sulfide) groups is 1. The lowest BCUT2D eigenvalue weighted by atomic mass is 9.98. The van der Waals surface area contributed by atoms with Crippen LogP contribution in [0.4, 0.5) is 0 Å². The third-order valence-electron chi connectivity index (χ3n) is 3.70. The number of rotatable bonds is 9. The topological polar surface area (TPSA) is 29.5 Å². The fourth-order valence-electron chi connectivity index (χ4n) is 2.54. The quantitative estimate of drug-likeness (QED) is 0.499. The SMILES string of the molecule is C=CCc1ccc(-c2cc(CC=C)ccc2OCCSC)c(O)c1. The second kappa shape index (κ2) is 9.24. The summed E-state index contributed by atoms with van der Waals surface area (Å²) in [6.07, 6.45) is 7.28. The Morgan fingerprint density at radius 1 is 1.00 bits per heavy atom. The van der Waals surface area contributed by atoms with Crippen molar-refractivity contribution in [1.29, 1.82) is 0 Å². The summed E-state index contributed by atoms with van der Waals surface area (Å²) in [5.41, 5.74) is 3.89. The molecule has 2 aromatic carbocycles. The predicted octanol–water partition coefficient (Wildman–Crippen LogP) is 5.26. The smallest absolute Gasteiger partial charge is 0.127 e. The molecule has 0 saturated heterocycles. The lowest BCUT2D eigenvalue weighted by molar-refractivity contribution is 0.345. The Bertz CT molecular complexity index is 707. The summed E-state index contributed by atoms with van der Waals surface area (Å²) in [6, 6.07) is 11.8. The molecule has 0 saturated carbocycles. The van der Waals surface area contributed by atoms with Gasteiger partial charge in [0.1, 0.15) is 11.5 Å². The first-order valence-electron chi connectivity index (χ1n) is 7.98. The summed E-state index contributed by atoms with van der Waals surface area (Å²) < 4.78 is 5.92. The van der Waals surface area contributed by atoms with Gasteiger partial charge in [-0.25, -0.2) is 0 Å². The predicted molar refractivity (Wildman–Crippen MR) is 105 cm³/mol. The van der Waals surface area contributed by atoms with E-state index in [2.05, 4.69) is 25.5 Å². The van der Waals surface area contributed by atoms with E-state index in [1.165, 1.54) is 0 Å². The van der Waals surface area contributed by atoms with Crippen molar-refractivity contribution in [3.8, 4) is 22.6 Å². The van der Waals surface area contributed by atoms with Gasteiger partial charge in [0.2, 0.25) is 0 Å². The van der Waals surface area contributed by atoms with E-state index in [0.717, 1.165) is 46.6 Å². The zero-order chi connectivity index (χ0) is 17.4. The molecule has 3 heteroatoms. The highest BCUT2D eigenvalue weighted by atomic mass is 32.2. The van der Waals surface area contributed by atoms with Gasteiger partial charge in [0.15, 0.2) is 0 Å². The Morgan fingerprint density at radius 3 is 2.29 bits per heavy atom. The average molecular weight is 340 g/mol. The highest BCUT2D eigenvalue weighted by Gasteiger charge is 2.12. The monoisotopic (exact) mass is 340 g/mol. The molecule has 0 amide bonds. The van der Waals surface area contributed by atoms with Gasteiger partial charge in [-0.1, -0.05) is 30.4 Å². The molecule has 0 bridgehead atoms. The molecule has 0 radical (unpaired) electrons. The van der Waals surface area contributed by atoms with Gasteiger partial charge in [0, 0.05) is 16.9 Å². The van der Waals surface area contributed by atoms with Crippen molar-refractivity contribution in [3.63, 3.8) is 0 Å². The Balaban J connectivity index is 2.42. The molecule has 1 N–H and O–H groups in total. The van der Waals surface area contributed by atoms with E-state index in [4.69, 9.17) is 4.74 Å². The molecular formula is C21H24O2S. The number of phenolic OH excluding ortho intramolecular Hbond substituents is 1. The van der Waals surface area contributed by atoms with Gasteiger partial charge in [0.25, 0.3) is 0 Å². The Hall–Kier alpha value is -2.13. The van der Waals surface area contributed by atoms with Crippen LogP contribution in [0.15, 0.2) is 61.7 Å². The molecule has 126 valence electrons. The van der Waals surface area contributed by atoms with Crippen LogP contribution in [0.25, 0.3) is 11.1 Å². The Morgan fingerprint density at radius 2 is 1.67 bits per heavy atom. The maximum atomic E-state index is 10.5. The van der Waals surface area contributed by atoms with Crippen LogP contribution in [0, 0.1) is 0 Å². The van der Waals surface area contributed by atoms with E-state index in [1.807, 2.05) is 36.4 Å². The minimum atomic E-state index is 0.264. The number of phenols is 1. The molecule has 0 aliphatic heterocycles. The molecule has 2 rings (SSSR count). The number of ether oxygens (including phenoxy) is 1. The summed E-state index contributed by atoms with van der Waals surface area (Å²) in [5, 5.41) is 10.5. The zero-order valence-electron chi connectivity index (χ0n) is 14.1. The van der Waals surface area contributed by atoms with Crippen LogP contribution >= 0.6 is 11.8 Å². The highest BCUT2D eigenvalue weighted by Crippen LogP contribution is 2.37. The number of hydrogen-bond acceptors (Lipinski definition) is 3. The third-order valence-corrected chi connectivity index (χ3v) is 4.28. The first-order chi connectivity index (χ1) is 11.7. The Kier molecular flexibility index (Phi) is 7.01. The van der Waals surface area contributed by atoms with Gasteiger partial charge >= 0.3 is 0 Å². The summed E-state index contributed by atoms with van der Waals surface area (Å²) in [4.78, 5) is 0. The van der Waals surface area contributed by atoms with Gasteiger partial charge in [-0.15, -0.1) is 13.2 Å². The molecule has 0 fully saturated rings. The summed E-state index contributed by atoms with van der Waals surface area (Å²) >= 11 is 1.75. The maximum Gasteiger partial charge on any atom is 0.127 e. The van der Waals surface area contributed by atoms with Crippen molar-refractivity contribution < 1.29 is 9.84 Å². The second-order valence-corrected chi connectivity index (χ2v) is 6.49. The first-order valence-corrected chi connectivity index (χ1v) is 9.37. The number of aromatic hydroxyl groups is 1. The van der Waals surface area contributed by atoms with Crippen molar-refractivity contribution in [1.82, 2.24) is 0 Å². The van der Waals surface area contributed by atoms with Crippen molar-refractivity contribution in [2.75, 3.05) is 18.6 Å². The van der Waals surface area contributed by atoms with Gasteiger partial charge in [-0.3, -0.25) is 0 Å². The van der Waals surface area contributed by atoms with E-state index in [9.17, 15) is 5.11 Å². The fourth-order valence-corrected chi connectivity index (χ4v) is 2.79. The van der Waals surface area contributed by atoms with Crippen LogP contribution in [-0.2, 0) is 12.8 Å². The molecule has 24 heavy (non-hydrogen) atoms. The molecular weight excluding hydrogens is 316 g/mol. The van der Waals surface area contributed by atoms with Crippen LogP contribution in [0.5, 0.6) is 11.5 Å². The molecule has 0 atom stereocenters. The highest BCUT2D eigenvalue weighted by molar-refractivity contribution is 7.98. The van der Waals surface area contributed by atoms with Gasteiger partial charge in [0.05, 0.1) is 6.61 Å². The summed E-state index contributed by atoms with van der Waals surface area (Å²) in [7, 11) is 0. The van der Waals surface area contributed by atoms with E-state index in [-0.39, 0.29) is 5.75 Å². The van der Waals surface area contributed by atoms with Gasteiger partial charge < -0.3 is 9.84 Å². The molecule has 2 aromatic rings. The van der Waals surface area contributed by atoms with E-state index < -0.39 is 0 Å². The van der Waals surface area contributed by atoms with Crippen LogP contribution in [-0.4, -0.2) is 23.7 Å². The van der Waals surface area contributed by atoms with Crippen molar-refractivity contribution in [2.24, 2.45) is 0 Å². The van der Waals surface area contributed by atoms with Crippen molar-refractivity contribution in [3.05, 3.63) is 72.8 Å². The first kappa shape index (κ1) is 18.2. The molecule has 0 spiro atoms. The number of hydrogen-bond donors (Lipinski definition) is 1. The van der Waals surface area contributed by atoms with Crippen molar-refractivity contribution in [2.45, 2.75) is 12.8 Å². The minimum absolute atomic E-state index is 0.264. The zero-order valence-corrected chi connectivity index (χ0v) is 14.9. The average Bonchev–Trinajstić information content (AvgIpc) is 2.57. The van der Waals surface area contributed by atoms with Crippen molar-refractivity contribution >= 4 is 11.8 Å². The van der Waals surface area contributed by atoms with E-state index in [0.29, 0.717) is 6.61 Å². The third kappa shape index (κ3) is 4.68. The second-order valence-electron chi connectivity index (χ2n) is 5.51. The summed E-state index contributed by atoms with van der Waals surface area (Å²) in [5.74, 6) is 1.99. The number of benzene rings is 2. The Labute approximate surface area is 148 Å². The molecule has 0 heterocycles. The molecule has 0 aromatic heterocycles. The van der Waals surface area contributed by atoms with Gasteiger partial charge in [-0.2, -0.15) is 11.8 Å². The molecule has 2 nitrogen and oxygen atoms in total. The molecule has 0 aliphatic carbocycles. The van der Waals surface area contributed by atoms with Crippen LogP contribution in [0.3, 0.4) is 0 Å². The molecule has 0 unspecified atom stereocenters. The standard InChI is InChI=1S/C21H24O2S/c1-4-6-16-9-11-21(23-12-13-24-3)19(14-16)18-10-8-17(7-5-2)15-20(18)22/h4-5,8-11,14-15,22H,1-2,6-7,12-13H2,3H3. The van der Waals surface area contributed by atoms with E-state index in [1.54, 1.807) is 17.8 Å². The largest absolute Gasteiger partial charge is 0.507 e. The minimum Gasteiger partial charge on any atom is -0.507 e. The lowest BCUT2D eigenvalue weighted by Crippen LogP contribution is -2.01. The van der Waals surface area contributed by atoms with E-state index >= 15 is 0 Å². The van der Waals surface area contributed by atoms with Crippen LogP contribution in [0.2, 0.25) is 0 Å². The lowest BCUT2D eigenvalue weighted by Gasteiger charge is -2.14. The number of allylic oxidation sites excluding steroid dienone is 2. The van der Waals surface area contributed by atoms with Gasteiger partial charge in [-0.05, 0) is 48.4 Å². The maximum absolute atomic E-state index is 10.5.